The number of aryl methyl sites for hydroxylation is 2. The van der Waals surface area contributed by atoms with E-state index in [4.69, 9.17) is 10.4 Å². The monoisotopic (exact) mass is 189 g/mol. The number of nitrogens with zero attached hydrogens (tertiary/aromatic N) is 1. The van der Waals surface area contributed by atoms with Gasteiger partial charge in [-0.15, -0.1) is 0 Å². The van der Waals surface area contributed by atoms with Crippen molar-refractivity contribution in [3.8, 4) is 6.07 Å². The van der Waals surface area contributed by atoms with Crippen LogP contribution in [0.4, 0.5) is 0 Å². The standard InChI is InChI=1S/C11H11NO2/c1-3-8-4-7(2)5-9(6-12)10(8)11(13)14/h4-5H,3H2,1-2H3,(H,13,14). The van der Waals surface area contributed by atoms with E-state index in [2.05, 4.69) is 0 Å². The van der Waals surface area contributed by atoms with Crippen molar-refractivity contribution in [1.82, 2.24) is 0 Å². The molecule has 0 fully saturated rings. The van der Waals surface area contributed by atoms with Crippen LogP contribution in [-0.2, 0) is 6.42 Å². The van der Waals surface area contributed by atoms with Crippen molar-refractivity contribution in [2.24, 2.45) is 0 Å². The molecule has 0 aliphatic rings. The maximum Gasteiger partial charge on any atom is 0.337 e. The molecule has 1 aromatic carbocycles. The summed E-state index contributed by atoms with van der Waals surface area (Å²) in [5.41, 5.74) is 2.02. The number of aromatic carboxylic acids is 1. The average Bonchev–Trinajstić information content (AvgIpc) is 2.15. The van der Waals surface area contributed by atoms with Crippen molar-refractivity contribution < 1.29 is 9.90 Å². The van der Waals surface area contributed by atoms with E-state index in [-0.39, 0.29) is 11.1 Å². The highest BCUT2D eigenvalue weighted by molar-refractivity contribution is 5.92. The van der Waals surface area contributed by atoms with E-state index in [9.17, 15) is 4.79 Å². The van der Waals surface area contributed by atoms with Gasteiger partial charge in [-0.05, 0) is 30.5 Å². The molecule has 1 N–H and O–H groups in total. The van der Waals surface area contributed by atoms with Crippen LogP contribution in [0.3, 0.4) is 0 Å². The van der Waals surface area contributed by atoms with Gasteiger partial charge in [0.2, 0.25) is 0 Å². The Labute approximate surface area is 82.6 Å². The molecule has 0 atom stereocenters. The van der Waals surface area contributed by atoms with E-state index in [1.807, 2.05) is 26.0 Å². The molecule has 0 saturated carbocycles. The maximum atomic E-state index is 10.9. The topological polar surface area (TPSA) is 61.1 Å². The normalized spacial score (nSPS) is 9.50. The summed E-state index contributed by atoms with van der Waals surface area (Å²) >= 11 is 0. The molecule has 0 aliphatic carbocycles. The predicted octanol–water partition coefficient (Wildman–Crippen LogP) is 2.13. The van der Waals surface area contributed by atoms with E-state index >= 15 is 0 Å². The number of nitriles is 1. The summed E-state index contributed by atoms with van der Waals surface area (Å²) in [5.74, 6) is -1.03. The molecule has 0 heterocycles. The first kappa shape index (κ1) is 10.3. The number of carbonyl (C=O) groups is 1. The third kappa shape index (κ3) is 1.74. The number of rotatable bonds is 2. The minimum absolute atomic E-state index is 0.139. The Morgan fingerprint density at radius 1 is 1.57 bits per heavy atom. The van der Waals surface area contributed by atoms with E-state index in [0.29, 0.717) is 12.0 Å². The molecule has 0 spiro atoms. The molecule has 0 unspecified atom stereocenters. The Balaban J connectivity index is 3.50. The van der Waals surface area contributed by atoms with Crippen LogP contribution in [0, 0.1) is 18.3 Å². The minimum atomic E-state index is -1.03. The lowest BCUT2D eigenvalue weighted by molar-refractivity contribution is 0.0695. The van der Waals surface area contributed by atoms with Crippen molar-refractivity contribution in [3.05, 3.63) is 34.4 Å². The molecule has 14 heavy (non-hydrogen) atoms. The van der Waals surface area contributed by atoms with Gasteiger partial charge in [-0.25, -0.2) is 4.79 Å². The van der Waals surface area contributed by atoms with Crippen LogP contribution in [0.5, 0.6) is 0 Å². The number of carboxylic acids is 1. The highest BCUT2D eigenvalue weighted by Gasteiger charge is 2.14. The van der Waals surface area contributed by atoms with Crippen molar-refractivity contribution in [2.75, 3.05) is 0 Å². The van der Waals surface area contributed by atoms with Crippen LogP contribution in [-0.4, -0.2) is 11.1 Å². The number of hydrogen-bond donors (Lipinski definition) is 1. The molecule has 3 nitrogen and oxygen atoms in total. The Hall–Kier alpha value is -1.82. The van der Waals surface area contributed by atoms with Gasteiger partial charge < -0.3 is 5.11 Å². The molecule has 72 valence electrons. The maximum absolute atomic E-state index is 10.9. The molecule has 0 radical (unpaired) electrons. The molecule has 0 amide bonds. The molecule has 0 bridgehead atoms. The fourth-order valence-corrected chi connectivity index (χ4v) is 1.48. The number of benzene rings is 1. The predicted molar refractivity (Wildman–Crippen MR) is 52.2 cm³/mol. The van der Waals surface area contributed by atoms with E-state index < -0.39 is 5.97 Å². The third-order valence-electron chi connectivity index (χ3n) is 2.08. The first-order valence-electron chi connectivity index (χ1n) is 4.37. The molecular weight excluding hydrogens is 178 g/mol. The van der Waals surface area contributed by atoms with E-state index in [1.54, 1.807) is 6.07 Å². The summed E-state index contributed by atoms with van der Waals surface area (Å²) < 4.78 is 0. The van der Waals surface area contributed by atoms with Gasteiger partial charge in [-0.3, -0.25) is 0 Å². The Morgan fingerprint density at radius 2 is 2.21 bits per heavy atom. The molecule has 1 aromatic rings. The van der Waals surface area contributed by atoms with Crippen LogP contribution in [0.1, 0.15) is 34.0 Å². The zero-order chi connectivity index (χ0) is 10.7. The fraction of sp³-hybridized carbons (Fsp3) is 0.273. The van der Waals surface area contributed by atoms with Crippen LogP contribution in [0.25, 0.3) is 0 Å². The lowest BCUT2D eigenvalue weighted by Gasteiger charge is -2.06. The van der Waals surface area contributed by atoms with Gasteiger partial charge in [0.05, 0.1) is 11.1 Å². The summed E-state index contributed by atoms with van der Waals surface area (Å²) in [4.78, 5) is 10.9. The van der Waals surface area contributed by atoms with Gasteiger partial charge in [0.15, 0.2) is 0 Å². The summed E-state index contributed by atoms with van der Waals surface area (Å²) in [7, 11) is 0. The molecular formula is C11H11NO2. The Bertz CT molecular complexity index is 416. The van der Waals surface area contributed by atoms with E-state index in [0.717, 1.165) is 5.56 Å². The van der Waals surface area contributed by atoms with Gasteiger partial charge in [-0.2, -0.15) is 5.26 Å². The molecule has 3 heteroatoms. The van der Waals surface area contributed by atoms with Crippen LogP contribution in [0.2, 0.25) is 0 Å². The van der Waals surface area contributed by atoms with Crippen LogP contribution >= 0.6 is 0 Å². The third-order valence-corrected chi connectivity index (χ3v) is 2.08. The fourth-order valence-electron chi connectivity index (χ4n) is 1.48. The molecule has 0 aliphatic heterocycles. The van der Waals surface area contributed by atoms with E-state index in [1.165, 1.54) is 0 Å². The highest BCUT2D eigenvalue weighted by atomic mass is 16.4. The SMILES string of the molecule is CCc1cc(C)cc(C#N)c1C(=O)O. The van der Waals surface area contributed by atoms with Gasteiger partial charge in [-0.1, -0.05) is 13.0 Å². The van der Waals surface area contributed by atoms with Gasteiger partial charge in [0.25, 0.3) is 0 Å². The van der Waals surface area contributed by atoms with Crippen molar-refractivity contribution >= 4 is 5.97 Å². The number of hydrogen-bond acceptors (Lipinski definition) is 2. The summed E-state index contributed by atoms with van der Waals surface area (Å²) in [5, 5.41) is 17.7. The van der Waals surface area contributed by atoms with Gasteiger partial charge >= 0.3 is 5.97 Å². The first-order chi connectivity index (χ1) is 6.60. The molecule has 1 rings (SSSR count). The van der Waals surface area contributed by atoms with Crippen molar-refractivity contribution in [3.63, 3.8) is 0 Å². The smallest absolute Gasteiger partial charge is 0.337 e. The molecule has 0 saturated heterocycles. The zero-order valence-corrected chi connectivity index (χ0v) is 8.16. The summed E-state index contributed by atoms with van der Waals surface area (Å²) in [6.45, 7) is 3.73. The second-order valence-electron chi connectivity index (χ2n) is 3.12. The van der Waals surface area contributed by atoms with Crippen molar-refractivity contribution in [2.45, 2.75) is 20.3 Å². The second-order valence-corrected chi connectivity index (χ2v) is 3.12. The van der Waals surface area contributed by atoms with Crippen molar-refractivity contribution in [1.29, 1.82) is 5.26 Å². The van der Waals surface area contributed by atoms with Crippen LogP contribution in [0.15, 0.2) is 12.1 Å². The summed E-state index contributed by atoms with van der Waals surface area (Å²) in [6.07, 6.45) is 0.623. The first-order valence-corrected chi connectivity index (χ1v) is 4.37. The zero-order valence-electron chi connectivity index (χ0n) is 8.16. The quantitative estimate of drug-likeness (QED) is 0.775. The van der Waals surface area contributed by atoms with Crippen LogP contribution < -0.4 is 0 Å². The second kappa shape index (κ2) is 3.93. The average molecular weight is 189 g/mol. The Morgan fingerprint density at radius 3 is 2.64 bits per heavy atom. The summed E-state index contributed by atoms with van der Waals surface area (Å²) in [6, 6.07) is 5.32. The number of carboxylic acid groups (broad SMARTS) is 1. The highest BCUT2D eigenvalue weighted by Crippen LogP contribution is 2.17. The molecule has 0 aromatic heterocycles. The van der Waals surface area contributed by atoms with Gasteiger partial charge in [0, 0.05) is 0 Å². The Kier molecular flexibility index (Phi) is 2.88. The largest absolute Gasteiger partial charge is 0.478 e. The van der Waals surface area contributed by atoms with Gasteiger partial charge in [0.1, 0.15) is 6.07 Å². The lowest BCUT2D eigenvalue weighted by Crippen LogP contribution is -2.05. The minimum Gasteiger partial charge on any atom is -0.478 e. The lowest BCUT2D eigenvalue weighted by atomic mass is 9.97.